The van der Waals surface area contributed by atoms with Crippen LogP contribution in [-0.4, -0.2) is 53.0 Å². The van der Waals surface area contributed by atoms with E-state index in [1.54, 1.807) is 17.0 Å². The number of amides is 1. The van der Waals surface area contributed by atoms with E-state index < -0.39 is 0 Å². The molecule has 20 heavy (non-hydrogen) atoms. The summed E-state index contributed by atoms with van der Waals surface area (Å²) in [5.41, 5.74) is 0.587. The summed E-state index contributed by atoms with van der Waals surface area (Å²) >= 11 is 0. The van der Waals surface area contributed by atoms with Gasteiger partial charge < -0.3 is 10.0 Å². The fraction of sp³-hybridized carbons (Fsp3) is 0.467. The number of rotatable bonds is 3. The predicted molar refractivity (Wildman–Crippen MR) is 75.3 cm³/mol. The van der Waals surface area contributed by atoms with Crippen LogP contribution in [0, 0.1) is 11.3 Å². The highest BCUT2D eigenvalue weighted by molar-refractivity contribution is 5.94. The first kappa shape index (κ1) is 14.4. The van der Waals surface area contributed by atoms with Gasteiger partial charge in [0.05, 0.1) is 12.1 Å². The predicted octanol–water partition coefficient (Wildman–Crippen LogP) is 1.45. The molecule has 1 saturated heterocycles. The summed E-state index contributed by atoms with van der Waals surface area (Å²) < 4.78 is 0. The third-order valence-corrected chi connectivity index (χ3v) is 3.69. The van der Waals surface area contributed by atoms with Crippen molar-refractivity contribution < 1.29 is 9.90 Å². The second kappa shape index (κ2) is 6.40. The molecule has 106 valence electrons. The SMILES string of the molecule is CCC(C#N)N1CCN(C(=O)c2ccc(O)cc2)CC1. The third kappa shape index (κ3) is 3.09. The van der Waals surface area contributed by atoms with E-state index in [4.69, 9.17) is 5.26 Å². The molecule has 0 aliphatic carbocycles. The van der Waals surface area contributed by atoms with Gasteiger partial charge in [-0.3, -0.25) is 9.69 Å². The Morgan fingerprint density at radius 2 is 1.90 bits per heavy atom. The van der Waals surface area contributed by atoms with E-state index in [-0.39, 0.29) is 17.7 Å². The van der Waals surface area contributed by atoms with Crippen LogP contribution in [0.25, 0.3) is 0 Å². The van der Waals surface area contributed by atoms with E-state index in [1.165, 1.54) is 12.1 Å². The summed E-state index contributed by atoms with van der Waals surface area (Å²) in [5, 5.41) is 18.3. The zero-order valence-corrected chi connectivity index (χ0v) is 11.6. The molecule has 1 amide bonds. The highest BCUT2D eigenvalue weighted by atomic mass is 16.3. The van der Waals surface area contributed by atoms with E-state index >= 15 is 0 Å². The van der Waals surface area contributed by atoms with Crippen molar-refractivity contribution in [1.29, 1.82) is 5.26 Å². The third-order valence-electron chi connectivity index (χ3n) is 3.69. The molecule has 1 aliphatic heterocycles. The summed E-state index contributed by atoms with van der Waals surface area (Å²) in [6.45, 7) is 4.74. The Kier molecular flexibility index (Phi) is 4.59. The Labute approximate surface area is 119 Å². The van der Waals surface area contributed by atoms with Crippen LogP contribution in [0.4, 0.5) is 0 Å². The topological polar surface area (TPSA) is 67.6 Å². The maximum absolute atomic E-state index is 12.3. The first-order chi connectivity index (χ1) is 9.65. The van der Waals surface area contributed by atoms with Gasteiger partial charge in [-0.05, 0) is 30.7 Å². The minimum Gasteiger partial charge on any atom is -0.508 e. The minimum atomic E-state index is -0.0547. The average Bonchev–Trinajstić information content (AvgIpc) is 2.49. The second-order valence-corrected chi connectivity index (χ2v) is 4.93. The number of nitrogens with zero attached hydrogens (tertiary/aromatic N) is 3. The number of phenols is 1. The van der Waals surface area contributed by atoms with Crippen molar-refractivity contribution in [2.45, 2.75) is 19.4 Å². The van der Waals surface area contributed by atoms with Crippen LogP contribution in [0.2, 0.25) is 0 Å². The highest BCUT2D eigenvalue weighted by Gasteiger charge is 2.25. The Balaban J connectivity index is 1.95. The fourth-order valence-electron chi connectivity index (χ4n) is 2.45. The summed E-state index contributed by atoms with van der Waals surface area (Å²) in [5.74, 6) is 0.140. The number of phenolic OH excluding ortho intramolecular Hbond substituents is 1. The molecule has 0 saturated carbocycles. The Morgan fingerprint density at radius 3 is 2.40 bits per heavy atom. The number of nitriles is 1. The van der Waals surface area contributed by atoms with Gasteiger partial charge in [0.15, 0.2) is 0 Å². The Hall–Kier alpha value is -2.06. The van der Waals surface area contributed by atoms with Gasteiger partial charge in [0, 0.05) is 31.7 Å². The first-order valence-corrected chi connectivity index (χ1v) is 6.87. The van der Waals surface area contributed by atoms with E-state index in [2.05, 4.69) is 11.0 Å². The molecule has 0 bridgehead atoms. The van der Waals surface area contributed by atoms with Crippen LogP contribution in [0.1, 0.15) is 23.7 Å². The smallest absolute Gasteiger partial charge is 0.253 e. The number of hydrogen-bond acceptors (Lipinski definition) is 4. The zero-order valence-electron chi connectivity index (χ0n) is 11.6. The van der Waals surface area contributed by atoms with Crippen LogP contribution in [0.3, 0.4) is 0 Å². The fourth-order valence-corrected chi connectivity index (χ4v) is 2.45. The van der Waals surface area contributed by atoms with Crippen LogP contribution in [-0.2, 0) is 0 Å². The summed E-state index contributed by atoms with van der Waals surface area (Å²) in [4.78, 5) is 16.2. The molecule has 1 N–H and O–H groups in total. The maximum Gasteiger partial charge on any atom is 0.253 e. The highest BCUT2D eigenvalue weighted by Crippen LogP contribution is 2.14. The van der Waals surface area contributed by atoms with Crippen molar-refractivity contribution in [2.75, 3.05) is 26.2 Å². The van der Waals surface area contributed by atoms with Gasteiger partial charge >= 0.3 is 0 Å². The van der Waals surface area contributed by atoms with Gasteiger partial charge in [-0.25, -0.2) is 0 Å². The van der Waals surface area contributed by atoms with Crippen molar-refractivity contribution in [3.63, 3.8) is 0 Å². The van der Waals surface area contributed by atoms with Crippen molar-refractivity contribution in [2.24, 2.45) is 0 Å². The average molecular weight is 273 g/mol. The first-order valence-electron chi connectivity index (χ1n) is 6.87. The van der Waals surface area contributed by atoms with Gasteiger partial charge in [-0.15, -0.1) is 0 Å². The molecule has 2 rings (SSSR count). The molecule has 1 unspecified atom stereocenters. The zero-order chi connectivity index (χ0) is 14.5. The molecule has 1 aromatic carbocycles. The van der Waals surface area contributed by atoms with Crippen LogP contribution in [0.15, 0.2) is 24.3 Å². The van der Waals surface area contributed by atoms with Gasteiger partial charge in [0.2, 0.25) is 0 Å². The van der Waals surface area contributed by atoms with Crippen LogP contribution >= 0.6 is 0 Å². The van der Waals surface area contributed by atoms with E-state index in [9.17, 15) is 9.90 Å². The molecular weight excluding hydrogens is 254 g/mol. The number of carbonyl (C=O) groups excluding carboxylic acids is 1. The van der Waals surface area contributed by atoms with E-state index in [1.807, 2.05) is 6.92 Å². The Morgan fingerprint density at radius 1 is 1.30 bits per heavy atom. The standard InChI is InChI=1S/C15H19N3O2/c1-2-13(11-16)17-7-9-18(10-8-17)15(20)12-3-5-14(19)6-4-12/h3-6,13,19H,2,7-10H2,1H3. The van der Waals surface area contributed by atoms with Gasteiger partial charge in [-0.2, -0.15) is 5.26 Å². The molecule has 1 aromatic rings. The molecule has 1 atom stereocenters. The lowest BCUT2D eigenvalue weighted by atomic mass is 10.1. The lowest BCUT2D eigenvalue weighted by molar-refractivity contribution is 0.0604. The van der Waals surface area contributed by atoms with E-state index in [0.29, 0.717) is 18.7 Å². The van der Waals surface area contributed by atoms with Crippen molar-refractivity contribution in [1.82, 2.24) is 9.80 Å². The monoisotopic (exact) mass is 273 g/mol. The van der Waals surface area contributed by atoms with Crippen molar-refractivity contribution >= 4 is 5.91 Å². The number of piperazine rings is 1. The minimum absolute atomic E-state index is 0.0188. The molecule has 1 heterocycles. The van der Waals surface area contributed by atoms with Crippen LogP contribution < -0.4 is 0 Å². The molecule has 5 nitrogen and oxygen atoms in total. The largest absolute Gasteiger partial charge is 0.508 e. The van der Waals surface area contributed by atoms with Gasteiger partial charge in [0.1, 0.15) is 5.75 Å². The summed E-state index contributed by atoms with van der Waals surface area (Å²) in [6.07, 6.45) is 0.808. The number of hydrogen-bond donors (Lipinski definition) is 1. The molecule has 1 fully saturated rings. The number of carbonyl (C=O) groups is 1. The normalized spacial score (nSPS) is 17.5. The number of aromatic hydroxyl groups is 1. The van der Waals surface area contributed by atoms with Gasteiger partial charge in [-0.1, -0.05) is 6.92 Å². The maximum atomic E-state index is 12.3. The van der Waals surface area contributed by atoms with Gasteiger partial charge in [0.25, 0.3) is 5.91 Å². The number of benzene rings is 1. The molecule has 5 heteroatoms. The lowest BCUT2D eigenvalue weighted by Crippen LogP contribution is -2.51. The Bertz CT molecular complexity index is 499. The van der Waals surface area contributed by atoms with E-state index in [0.717, 1.165) is 19.5 Å². The second-order valence-electron chi connectivity index (χ2n) is 4.93. The summed E-state index contributed by atoms with van der Waals surface area (Å²) in [6, 6.07) is 8.55. The summed E-state index contributed by atoms with van der Waals surface area (Å²) in [7, 11) is 0. The van der Waals surface area contributed by atoms with Crippen LogP contribution in [0.5, 0.6) is 5.75 Å². The molecule has 0 spiro atoms. The molecule has 0 aromatic heterocycles. The quantitative estimate of drug-likeness (QED) is 0.905. The van der Waals surface area contributed by atoms with Crippen molar-refractivity contribution in [3.05, 3.63) is 29.8 Å². The lowest BCUT2D eigenvalue weighted by Gasteiger charge is -2.36. The molecular formula is C15H19N3O2. The van der Waals surface area contributed by atoms with Crippen molar-refractivity contribution in [3.8, 4) is 11.8 Å². The molecule has 0 radical (unpaired) electrons. The molecule has 1 aliphatic rings.